The highest BCUT2D eigenvalue weighted by atomic mass is 35.5. The first-order valence-corrected chi connectivity index (χ1v) is 7.28. The second kappa shape index (κ2) is 8.04. The van der Waals surface area contributed by atoms with Crippen LogP contribution in [0.15, 0.2) is 5.38 Å². The Bertz CT molecular complexity index is 290. The summed E-state index contributed by atoms with van der Waals surface area (Å²) in [5.74, 6) is 0.521. The zero-order valence-corrected chi connectivity index (χ0v) is 11.6. The van der Waals surface area contributed by atoms with E-state index in [9.17, 15) is 0 Å². The summed E-state index contributed by atoms with van der Waals surface area (Å²) in [6.45, 7) is 5.13. The number of ether oxygens (including phenoxy) is 1. The van der Waals surface area contributed by atoms with Gasteiger partial charge in [0.05, 0.1) is 22.7 Å². The van der Waals surface area contributed by atoms with E-state index < -0.39 is 0 Å². The standard InChI is InChI=1S/C12H20ClNOS/c1-3-10(2)15-7-5-4-6-12-14-11(8-13)9-16-12/h9-10H,3-8H2,1-2H3. The number of thiazole rings is 1. The van der Waals surface area contributed by atoms with Crippen LogP contribution in [0.2, 0.25) is 0 Å². The largest absolute Gasteiger partial charge is 0.379 e. The van der Waals surface area contributed by atoms with E-state index in [2.05, 4.69) is 18.8 Å². The number of alkyl halides is 1. The summed E-state index contributed by atoms with van der Waals surface area (Å²) in [5, 5.41) is 3.23. The molecule has 1 heterocycles. The van der Waals surface area contributed by atoms with Gasteiger partial charge in [0.25, 0.3) is 0 Å². The monoisotopic (exact) mass is 261 g/mol. The maximum absolute atomic E-state index is 5.70. The maximum atomic E-state index is 5.70. The van der Waals surface area contributed by atoms with Gasteiger partial charge < -0.3 is 4.74 Å². The predicted octanol–water partition coefficient (Wildman–Crippen LogP) is 4.02. The average molecular weight is 262 g/mol. The molecule has 2 nitrogen and oxygen atoms in total. The van der Waals surface area contributed by atoms with Crippen LogP contribution in [0.5, 0.6) is 0 Å². The Morgan fingerprint density at radius 1 is 1.50 bits per heavy atom. The molecule has 1 rings (SSSR count). The van der Waals surface area contributed by atoms with Gasteiger partial charge in [-0.2, -0.15) is 0 Å². The van der Waals surface area contributed by atoms with Gasteiger partial charge in [0.1, 0.15) is 0 Å². The Morgan fingerprint density at radius 3 is 2.94 bits per heavy atom. The molecule has 0 aliphatic carbocycles. The van der Waals surface area contributed by atoms with E-state index in [-0.39, 0.29) is 0 Å². The lowest BCUT2D eigenvalue weighted by molar-refractivity contribution is 0.0611. The van der Waals surface area contributed by atoms with Crippen molar-refractivity contribution >= 4 is 22.9 Å². The maximum Gasteiger partial charge on any atom is 0.0928 e. The fourth-order valence-corrected chi connectivity index (χ4v) is 2.37. The summed E-state index contributed by atoms with van der Waals surface area (Å²) in [7, 11) is 0. The second-order valence-electron chi connectivity index (χ2n) is 3.91. The Hall–Kier alpha value is -0.120. The molecule has 1 aromatic heterocycles. The zero-order chi connectivity index (χ0) is 11.8. The van der Waals surface area contributed by atoms with Crippen LogP contribution < -0.4 is 0 Å². The van der Waals surface area contributed by atoms with E-state index in [1.54, 1.807) is 11.3 Å². The number of aromatic nitrogens is 1. The minimum absolute atomic E-state index is 0.391. The number of nitrogens with zero attached hydrogens (tertiary/aromatic N) is 1. The van der Waals surface area contributed by atoms with Gasteiger partial charge >= 0.3 is 0 Å². The van der Waals surface area contributed by atoms with Crippen molar-refractivity contribution in [1.29, 1.82) is 0 Å². The van der Waals surface area contributed by atoms with Crippen LogP contribution in [0, 0.1) is 0 Å². The molecule has 4 heteroatoms. The number of aryl methyl sites for hydroxylation is 1. The third-order valence-corrected chi connectivity index (χ3v) is 3.73. The Labute approximate surface area is 107 Å². The molecule has 0 amide bonds. The third kappa shape index (κ3) is 5.28. The molecule has 0 N–H and O–H groups in total. The first-order valence-electron chi connectivity index (χ1n) is 5.87. The highest BCUT2D eigenvalue weighted by molar-refractivity contribution is 7.09. The predicted molar refractivity (Wildman–Crippen MR) is 70.3 cm³/mol. The molecular weight excluding hydrogens is 242 g/mol. The van der Waals surface area contributed by atoms with Gasteiger partial charge in [0, 0.05) is 12.0 Å². The average Bonchev–Trinajstić information content (AvgIpc) is 2.76. The lowest BCUT2D eigenvalue weighted by Crippen LogP contribution is -2.07. The number of unbranched alkanes of at least 4 members (excludes halogenated alkanes) is 1. The molecule has 0 aliphatic rings. The van der Waals surface area contributed by atoms with Gasteiger partial charge in [0.2, 0.25) is 0 Å². The SMILES string of the molecule is CCC(C)OCCCCc1nc(CCl)cs1. The number of halogens is 1. The van der Waals surface area contributed by atoms with Gasteiger partial charge in [-0.3, -0.25) is 0 Å². The molecule has 0 saturated carbocycles. The molecule has 1 aromatic rings. The van der Waals surface area contributed by atoms with Crippen LogP contribution in [-0.4, -0.2) is 17.7 Å². The summed E-state index contributed by atoms with van der Waals surface area (Å²) in [6.07, 6.45) is 4.78. The molecule has 0 radical (unpaired) electrons. The minimum Gasteiger partial charge on any atom is -0.379 e. The minimum atomic E-state index is 0.391. The molecule has 0 bridgehead atoms. The Balaban J connectivity index is 2.07. The van der Waals surface area contributed by atoms with Crippen molar-refractivity contribution in [2.45, 2.75) is 51.5 Å². The zero-order valence-electron chi connectivity index (χ0n) is 10.0. The number of hydrogen-bond donors (Lipinski definition) is 0. The number of rotatable bonds is 8. The molecule has 92 valence electrons. The van der Waals surface area contributed by atoms with Gasteiger partial charge in [-0.05, 0) is 32.6 Å². The normalized spacial score (nSPS) is 12.9. The van der Waals surface area contributed by atoms with Crippen molar-refractivity contribution < 1.29 is 4.74 Å². The fraction of sp³-hybridized carbons (Fsp3) is 0.750. The van der Waals surface area contributed by atoms with Crippen molar-refractivity contribution in [3.05, 3.63) is 16.1 Å². The first-order chi connectivity index (χ1) is 7.76. The smallest absolute Gasteiger partial charge is 0.0928 e. The lowest BCUT2D eigenvalue weighted by Gasteiger charge is -2.09. The number of hydrogen-bond acceptors (Lipinski definition) is 3. The Morgan fingerprint density at radius 2 is 2.31 bits per heavy atom. The van der Waals surface area contributed by atoms with Crippen LogP contribution in [-0.2, 0) is 17.0 Å². The van der Waals surface area contributed by atoms with E-state index in [0.717, 1.165) is 38.0 Å². The highest BCUT2D eigenvalue weighted by Gasteiger charge is 2.01. The highest BCUT2D eigenvalue weighted by Crippen LogP contribution is 2.14. The van der Waals surface area contributed by atoms with E-state index in [1.807, 2.05) is 5.38 Å². The molecule has 0 saturated heterocycles. The van der Waals surface area contributed by atoms with Crippen molar-refractivity contribution in [1.82, 2.24) is 4.98 Å². The summed E-state index contributed by atoms with van der Waals surface area (Å²) in [6, 6.07) is 0. The molecule has 1 unspecified atom stereocenters. The second-order valence-corrected chi connectivity index (χ2v) is 5.12. The van der Waals surface area contributed by atoms with Crippen molar-refractivity contribution in [3.8, 4) is 0 Å². The summed E-state index contributed by atoms with van der Waals surface area (Å²) < 4.78 is 5.62. The van der Waals surface area contributed by atoms with Crippen LogP contribution in [0.25, 0.3) is 0 Å². The van der Waals surface area contributed by atoms with E-state index in [1.165, 1.54) is 5.01 Å². The lowest BCUT2D eigenvalue weighted by atomic mass is 10.2. The van der Waals surface area contributed by atoms with E-state index in [4.69, 9.17) is 16.3 Å². The fourth-order valence-electron chi connectivity index (χ4n) is 1.31. The molecule has 0 fully saturated rings. The van der Waals surface area contributed by atoms with Gasteiger partial charge in [-0.1, -0.05) is 6.92 Å². The molecule has 0 aliphatic heterocycles. The van der Waals surface area contributed by atoms with Crippen molar-refractivity contribution in [2.24, 2.45) is 0 Å². The van der Waals surface area contributed by atoms with Crippen molar-refractivity contribution in [2.75, 3.05) is 6.61 Å². The summed E-state index contributed by atoms with van der Waals surface area (Å²) in [4.78, 5) is 4.42. The first kappa shape index (κ1) is 13.9. The van der Waals surface area contributed by atoms with E-state index in [0.29, 0.717) is 12.0 Å². The van der Waals surface area contributed by atoms with Gasteiger partial charge in [0.15, 0.2) is 0 Å². The van der Waals surface area contributed by atoms with Crippen LogP contribution in [0.1, 0.15) is 43.8 Å². The summed E-state index contributed by atoms with van der Waals surface area (Å²) in [5.41, 5.74) is 0.998. The Kier molecular flexibility index (Phi) is 7.01. The molecular formula is C12H20ClNOS. The van der Waals surface area contributed by atoms with E-state index >= 15 is 0 Å². The molecule has 1 atom stereocenters. The molecule has 16 heavy (non-hydrogen) atoms. The molecule has 0 aromatic carbocycles. The van der Waals surface area contributed by atoms with Crippen LogP contribution in [0.4, 0.5) is 0 Å². The van der Waals surface area contributed by atoms with Crippen molar-refractivity contribution in [3.63, 3.8) is 0 Å². The quantitative estimate of drug-likeness (QED) is 0.521. The van der Waals surface area contributed by atoms with Crippen LogP contribution >= 0.6 is 22.9 Å². The third-order valence-electron chi connectivity index (χ3n) is 2.50. The van der Waals surface area contributed by atoms with Crippen LogP contribution in [0.3, 0.4) is 0 Å². The molecule has 0 spiro atoms. The van der Waals surface area contributed by atoms with Gasteiger partial charge in [-0.25, -0.2) is 4.98 Å². The summed E-state index contributed by atoms with van der Waals surface area (Å²) >= 11 is 7.41. The van der Waals surface area contributed by atoms with Gasteiger partial charge in [-0.15, -0.1) is 22.9 Å². The topological polar surface area (TPSA) is 22.1 Å².